The van der Waals surface area contributed by atoms with Gasteiger partial charge >= 0.3 is 0 Å². The maximum absolute atomic E-state index is 10.3. The number of nitrogens with one attached hydrogen (secondary N) is 2. The van der Waals surface area contributed by atoms with E-state index in [-0.39, 0.29) is 5.76 Å². The number of hydrogen-bond donors (Lipinski definition) is 3. The van der Waals surface area contributed by atoms with E-state index in [4.69, 9.17) is 11.5 Å². The maximum atomic E-state index is 10.3. The van der Waals surface area contributed by atoms with Crippen LogP contribution >= 0.6 is 0 Å². The fourth-order valence-electron chi connectivity index (χ4n) is 0.973. The van der Waals surface area contributed by atoms with Crippen molar-refractivity contribution in [2.45, 2.75) is 38.3 Å². The molecule has 0 aromatic rings. The van der Waals surface area contributed by atoms with Crippen LogP contribution in [0.1, 0.15) is 26.7 Å². The number of terminal acetylenes is 1. The van der Waals surface area contributed by atoms with Gasteiger partial charge in [0.2, 0.25) is 0 Å². The zero-order chi connectivity index (χ0) is 12.6. The van der Waals surface area contributed by atoms with Gasteiger partial charge in [-0.25, -0.2) is 5.43 Å². The molecule has 0 saturated heterocycles. The summed E-state index contributed by atoms with van der Waals surface area (Å²) >= 11 is 0. The average molecular weight is 225 g/mol. The molecule has 5 heteroatoms. The van der Waals surface area contributed by atoms with E-state index in [0.717, 1.165) is 6.42 Å². The van der Waals surface area contributed by atoms with Crippen molar-refractivity contribution in [2.24, 2.45) is 5.18 Å². The van der Waals surface area contributed by atoms with Gasteiger partial charge in [-0.15, -0.1) is 6.42 Å². The Bertz CT molecular complexity index is 285. The van der Waals surface area contributed by atoms with Crippen LogP contribution in [0.4, 0.5) is 0 Å². The topological polar surface area (TPSA) is 73.7 Å². The smallest absolute Gasteiger partial charge is 0.149 e. The molecule has 0 radical (unpaired) electrons. The Morgan fingerprint density at radius 3 is 2.75 bits per heavy atom. The number of nitrogens with zero attached hydrogens (tertiary/aromatic N) is 1. The average Bonchev–Trinajstić information content (AvgIpc) is 2.28. The van der Waals surface area contributed by atoms with Gasteiger partial charge in [-0.1, -0.05) is 24.6 Å². The Morgan fingerprint density at radius 1 is 1.75 bits per heavy atom. The summed E-state index contributed by atoms with van der Waals surface area (Å²) in [5.74, 6) is 2.41. The fraction of sp³-hybridized carbons (Fsp3) is 0.636. The first kappa shape index (κ1) is 14.6. The highest BCUT2D eigenvalue weighted by Crippen LogP contribution is 2.06. The first-order chi connectivity index (χ1) is 7.49. The van der Waals surface area contributed by atoms with Crippen molar-refractivity contribution >= 4 is 0 Å². The Morgan fingerprint density at radius 2 is 2.38 bits per heavy atom. The first-order valence-electron chi connectivity index (χ1n) is 5.17. The lowest BCUT2D eigenvalue weighted by molar-refractivity contribution is 0.337. The summed E-state index contributed by atoms with van der Waals surface area (Å²) in [4.78, 5) is 10.3. The molecule has 0 aliphatic rings. The van der Waals surface area contributed by atoms with Crippen molar-refractivity contribution in [3.05, 3.63) is 17.2 Å². The first-order valence-corrected chi connectivity index (χ1v) is 5.17. The third-order valence-electron chi connectivity index (χ3n) is 2.44. The van der Waals surface area contributed by atoms with Crippen LogP contribution in [0, 0.1) is 17.3 Å². The summed E-state index contributed by atoms with van der Waals surface area (Å²) in [6.07, 6.45) is 6.51. The van der Waals surface area contributed by atoms with Gasteiger partial charge < -0.3 is 5.11 Å². The molecule has 0 fully saturated rings. The number of rotatable bonds is 8. The van der Waals surface area contributed by atoms with E-state index in [2.05, 4.69) is 28.5 Å². The van der Waals surface area contributed by atoms with E-state index in [0.29, 0.717) is 13.0 Å². The lowest BCUT2D eigenvalue weighted by atomic mass is 10.0. The molecule has 5 nitrogen and oxygen atoms in total. The van der Waals surface area contributed by atoms with Crippen LogP contribution in [-0.4, -0.2) is 23.2 Å². The Labute approximate surface area is 96.3 Å². The van der Waals surface area contributed by atoms with Gasteiger partial charge in [0, 0.05) is 6.54 Å². The molecule has 2 unspecified atom stereocenters. The molecular formula is C11H19N3O2. The Hall–Kier alpha value is -1.38. The van der Waals surface area contributed by atoms with E-state index in [9.17, 15) is 4.91 Å². The van der Waals surface area contributed by atoms with E-state index >= 15 is 0 Å². The molecule has 2 atom stereocenters. The van der Waals surface area contributed by atoms with Crippen molar-refractivity contribution in [2.75, 3.05) is 6.54 Å². The van der Waals surface area contributed by atoms with Crippen LogP contribution in [0.2, 0.25) is 0 Å². The van der Waals surface area contributed by atoms with E-state index in [1.165, 1.54) is 0 Å². The second-order valence-electron chi connectivity index (χ2n) is 3.78. The van der Waals surface area contributed by atoms with Crippen molar-refractivity contribution in [3.8, 4) is 12.3 Å². The molecule has 0 aromatic heterocycles. The second kappa shape index (κ2) is 6.99. The Balaban J connectivity index is 3.88. The van der Waals surface area contributed by atoms with E-state index < -0.39 is 11.6 Å². The van der Waals surface area contributed by atoms with Gasteiger partial charge in [-0.2, -0.15) is 4.91 Å². The predicted octanol–water partition coefficient (Wildman–Crippen LogP) is 1.48. The molecule has 0 aliphatic carbocycles. The number of nitroso groups, excluding NO2 is 1. The lowest BCUT2D eigenvalue weighted by Gasteiger charge is -2.24. The fourth-order valence-corrected chi connectivity index (χ4v) is 0.973. The number of aliphatic hydroxyl groups excluding tert-OH is 1. The third kappa shape index (κ3) is 4.91. The van der Waals surface area contributed by atoms with Crippen molar-refractivity contribution < 1.29 is 5.11 Å². The molecule has 90 valence electrons. The molecule has 0 spiro atoms. The van der Waals surface area contributed by atoms with Crippen molar-refractivity contribution in [1.82, 2.24) is 10.9 Å². The molecule has 0 saturated carbocycles. The van der Waals surface area contributed by atoms with Crippen LogP contribution in [0.15, 0.2) is 17.5 Å². The minimum Gasteiger partial charge on any atom is -0.511 e. The minimum atomic E-state index is -0.770. The van der Waals surface area contributed by atoms with Crippen LogP contribution in [0.25, 0.3) is 0 Å². The summed E-state index contributed by atoms with van der Waals surface area (Å²) in [5, 5.41) is 11.7. The van der Waals surface area contributed by atoms with Crippen LogP contribution < -0.4 is 10.9 Å². The zero-order valence-corrected chi connectivity index (χ0v) is 9.79. The highest BCUT2D eigenvalue weighted by Gasteiger charge is 2.17. The molecule has 0 aromatic carbocycles. The zero-order valence-electron chi connectivity index (χ0n) is 9.79. The SMILES string of the molecule is C#CC(C)(CC)NNCCC(N=O)C(=C)O. The lowest BCUT2D eigenvalue weighted by Crippen LogP contribution is -2.49. The molecule has 3 N–H and O–H groups in total. The summed E-state index contributed by atoms with van der Waals surface area (Å²) in [7, 11) is 0. The molecule has 0 heterocycles. The summed E-state index contributed by atoms with van der Waals surface area (Å²) in [6.45, 7) is 7.59. The number of hydrogen-bond acceptors (Lipinski definition) is 5. The monoisotopic (exact) mass is 225 g/mol. The predicted molar refractivity (Wildman–Crippen MR) is 64.6 cm³/mol. The number of aliphatic hydroxyl groups is 1. The van der Waals surface area contributed by atoms with Crippen LogP contribution in [0.5, 0.6) is 0 Å². The molecule has 0 amide bonds. The van der Waals surface area contributed by atoms with Crippen molar-refractivity contribution in [3.63, 3.8) is 0 Å². The van der Waals surface area contributed by atoms with Gasteiger partial charge in [0.25, 0.3) is 0 Å². The molecule has 16 heavy (non-hydrogen) atoms. The normalized spacial score (nSPS) is 15.8. The quantitative estimate of drug-likeness (QED) is 0.192. The summed E-state index contributed by atoms with van der Waals surface area (Å²) < 4.78 is 0. The van der Waals surface area contributed by atoms with E-state index in [1.54, 1.807) is 0 Å². The molecular weight excluding hydrogens is 206 g/mol. The second-order valence-corrected chi connectivity index (χ2v) is 3.78. The van der Waals surface area contributed by atoms with Crippen molar-refractivity contribution in [1.29, 1.82) is 0 Å². The Kier molecular flexibility index (Phi) is 6.38. The van der Waals surface area contributed by atoms with Gasteiger partial charge in [0.15, 0.2) is 0 Å². The summed E-state index contributed by atoms with van der Waals surface area (Å²) in [5.41, 5.74) is 5.46. The standard InChI is InChI=1S/C11H19N3O2/c1-5-11(4,6-2)14-12-8-7-10(13-16)9(3)15/h1,10,12,14-15H,3,6-8H2,2,4H3. The van der Waals surface area contributed by atoms with Gasteiger partial charge in [0.1, 0.15) is 11.8 Å². The number of hydrazine groups is 1. The van der Waals surface area contributed by atoms with Gasteiger partial charge in [-0.05, 0) is 19.8 Å². The van der Waals surface area contributed by atoms with Gasteiger partial charge in [-0.3, -0.25) is 5.43 Å². The molecule has 0 aliphatic heterocycles. The summed E-state index contributed by atoms with van der Waals surface area (Å²) in [6, 6.07) is -0.770. The molecule has 0 rings (SSSR count). The largest absolute Gasteiger partial charge is 0.511 e. The van der Waals surface area contributed by atoms with Crippen LogP contribution in [-0.2, 0) is 0 Å². The highest BCUT2D eigenvalue weighted by molar-refractivity contribution is 5.08. The third-order valence-corrected chi connectivity index (χ3v) is 2.44. The maximum Gasteiger partial charge on any atom is 0.149 e. The minimum absolute atomic E-state index is 0.216. The van der Waals surface area contributed by atoms with Gasteiger partial charge in [0.05, 0.1) is 5.54 Å². The van der Waals surface area contributed by atoms with Crippen LogP contribution in [0.3, 0.4) is 0 Å². The van der Waals surface area contributed by atoms with E-state index in [1.807, 2.05) is 13.8 Å². The highest BCUT2D eigenvalue weighted by atomic mass is 16.3. The molecule has 0 bridgehead atoms.